The highest BCUT2D eigenvalue weighted by Crippen LogP contribution is 2.29. The number of amides is 1. The summed E-state index contributed by atoms with van der Waals surface area (Å²) in [5, 5.41) is 0. The van der Waals surface area contributed by atoms with Crippen molar-refractivity contribution in [2.24, 2.45) is 5.92 Å². The third kappa shape index (κ3) is 6.12. The normalized spacial score (nSPS) is 16.9. The van der Waals surface area contributed by atoms with Crippen molar-refractivity contribution >= 4 is 15.9 Å². The van der Waals surface area contributed by atoms with Crippen molar-refractivity contribution in [2.45, 2.75) is 45.4 Å². The predicted octanol–water partition coefficient (Wildman–Crippen LogP) is 2.45. The maximum atomic E-state index is 12.7. The van der Waals surface area contributed by atoms with Crippen LogP contribution in [-0.2, 0) is 20.2 Å². The summed E-state index contributed by atoms with van der Waals surface area (Å²) in [7, 11) is -3.14. The Balaban J connectivity index is 1.86. The van der Waals surface area contributed by atoms with Gasteiger partial charge in [-0.2, -0.15) is 0 Å². The van der Waals surface area contributed by atoms with E-state index in [0.29, 0.717) is 32.0 Å². The molecule has 25 heavy (non-hydrogen) atoms. The highest BCUT2D eigenvalue weighted by molar-refractivity contribution is 7.88. The lowest BCUT2D eigenvalue weighted by Gasteiger charge is -2.34. The van der Waals surface area contributed by atoms with Gasteiger partial charge in [-0.05, 0) is 36.7 Å². The van der Waals surface area contributed by atoms with Crippen LogP contribution in [-0.4, -0.2) is 45.1 Å². The van der Waals surface area contributed by atoms with Gasteiger partial charge in [0.2, 0.25) is 15.9 Å². The molecule has 0 unspecified atom stereocenters. The molecule has 1 aliphatic rings. The second-order valence-corrected chi connectivity index (χ2v) is 9.70. The molecule has 0 saturated carbocycles. The molecule has 5 nitrogen and oxygen atoms in total. The van der Waals surface area contributed by atoms with Crippen LogP contribution in [0.4, 0.5) is 0 Å². The van der Waals surface area contributed by atoms with Crippen molar-refractivity contribution in [2.75, 3.05) is 25.9 Å². The molecule has 1 aromatic carbocycles. The molecule has 1 saturated heterocycles. The van der Waals surface area contributed by atoms with Gasteiger partial charge in [0.25, 0.3) is 0 Å². The van der Waals surface area contributed by atoms with Gasteiger partial charge < -0.3 is 4.90 Å². The van der Waals surface area contributed by atoms with E-state index in [1.165, 1.54) is 17.4 Å². The van der Waals surface area contributed by atoms with Crippen molar-refractivity contribution < 1.29 is 13.2 Å². The van der Waals surface area contributed by atoms with Crippen LogP contribution in [0.15, 0.2) is 24.3 Å². The summed E-state index contributed by atoms with van der Waals surface area (Å²) >= 11 is 0. The fourth-order valence-electron chi connectivity index (χ4n) is 3.25. The van der Waals surface area contributed by atoms with Gasteiger partial charge in [0.05, 0.1) is 6.26 Å². The molecule has 0 bridgehead atoms. The smallest absolute Gasteiger partial charge is 0.223 e. The molecule has 140 valence electrons. The number of likely N-dealkylation sites (tertiary alicyclic amines) is 1. The van der Waals surface area contributed by atoms with E-state index < -0.39 is 10.0 Å². The maximum absolute atomic E-state index is 12.7. The largest absolute Gasteiger partial charge is 0.343 e. The Hall–Kier alpha value is -1.40. The number of nitrogens with zero attached hydrogens (tertiary/aromatic N) is 1. The number of nitrogens with one attached hydrogen (secondary N) is 1. The summed E-state index contributed by atoms with van der Waals surface area (Å²) in [6.45, 7) is 8.16. The Morgan fingerprint density at radius 1 is 1.20 bits per heavy atom. The van der Waals surface area contributed by atoms with Crippen LogP contribution in [0.3, 0.4) is 0 Å². The first kappa shape index (κ1) is 19.9. The standard InChI is InChI=1S/C19H30N2O3S/c1-15-5-7-17(8-6-15)19(2,3)13-18(22)21-11-9-16(10-12-21)14-20-25(4,23)24/h5-8,16,20H,9-14H2,1-4H3. The van der Waals surface area contributed by atoms with Gasteiger partial charge in [0, 0.05) is 26.1 Å². The SMILES string of the molecule is Cc1ccc(C(C)(C)CC(=O)N2CCC(CNS(C)(=O)=O)CC2)cc1. The van der Waals surface area contributed by atoms with E-state index in [1.54, 1.807) is 0 Å². The van der Waals surface area contributed by atoms with E-state index in [9.17, 15) is 13.2 Å². The minimum Gasteiger partial charge on any atom is -0.343 e. The molecule has 1 N–H and O–H groups in total. The monoisotopic (exact) mass is 366 g/mol. The molecule has 0 aromatic heterocycles. The van der Waals surface area contributed by atoms with Crippen LogP contribution < -0.4 is 4.72 Å². The molecule has 0 aliphatic carbocycles. The fraction of sp³-hybridized carbons (Fsp3) is 0.632. The third-order valence-electron chi connectivity index (χ3n) is 5.03. The van der Waals surface area contributed by atoms with Gasteiger partial charge in [-0.15, -0.1) is 0 Å². The van der Waals surface area contributed by atoms with Crippen molar-refractivity contribution in [1.82, 2.24) is 9.62 Å². The van der Waals surface area contributed by atoms with Gasteiger partial charge in [0.1, 0.15) is 0 Å². The number of carbonyl (C=O) groups is 1. The van der Waals surface area contributed by atoms with E-state index in [0.717, 1.165) is 12.8 Å². The Kier molecular flexibility index (Phi) is 6.27. The minimum absolute atomic E-state index is 0.181. The second kappa shape index (κ2) is 7.87. The van der Waals surface area contributed by atoms with Crippen LogP contribution in [0, 0.1) is 12.8 Å². The summed E-state index contributed by atoms with van der Waals surface area (Å²) in [5.41, 5.74) is 2.20. The zero-order valence-corrected chi connectivity index (χ0v) is 16.5. The first-order valence-corrected chi connectivity index (χ1v) is 10.8. The van der Waals surface area contributed by atoms with Crippen molar-refractivity contribution in [1.29, 1.82) is 0 Å². The molecule has 1 heterocycles. The highest BCUT2D eigenvalue weighted by atomic mass is 32.2. The maximum Gasteiger partial charge on any atom is 0.223 e. The summed E-state index contributed by atoms with van der Waals surface area (Å²) in [5.74, 6) is 0.490. The predicted molar refractivity (Wildman–Crippen MR) is 101 cm³/mol. The van der Waals surface area contributed by atoms with E-state index in [1.807, 2.05) is 4.90 Å². The summed E-state index contributed by atoms with van der Waals surface area (Å²) in [4.78, 5) is 14.6. The zero-order valence-electron chi connectivity index (χ0n) is 15.7. The third-order valence-corrected chi connectivity index (χ3v) is 5.72. The van der Waals surface area contributed by atoms with Crippen LogP contribution in [0.25, 0.3) is 0 Å². The van der Waals surface area contributed by atoms with Crippen LogP contribution in [0.1, 0.15) is 44.2 Å². The Morgan fingerprint density at radius 2 is 1.76 bits per heavy atom. The summed E-state index contributed by atoms with van der Waals surface area (Å²) in [6.07, 6.45) is 3.36. The Labute approximate surface area is 151 Å². The number of carbonyl (C=O) groups excluding carboxylic acids is 1. The molecule has 1 fully saturated rings. The van der Waals surface area contributed by atoms with Gasteiger partial charge in [-0.3, -0.25) is 4.79 Å². The summed E-state index contributed by atoms with van der Waals surface area (Å²) < 4.78 is 24.9. The molecule has 0 atom stereocenters. The van der Waals surface area contributed by atoms with Crippen LogP contribution in [0.5, 0.6) is 0 Å². The minimum atomic E-state index is -3.14. The first-order valence-electron chi connectivity index (χ1n) is 8.86. The average Bonchev–Trinajstić information content (AvgIpc) is 2.52. The molecular weight excluding hydrogens is 336 g/mol. The quantitative estimate of drug-likeness (QED) is 0.841. The molecule has 1 aromatic rings. The summed E-state index contributed by atoms with van der Waals surface area (Å²) in [6, 6.07) is 8.38. The molecule has 2 rings (SSSR count). The van der Waals surface area contributed by atoms with Crippen molar-refractivity contribution in [3.8, 4) is 0 Å². The molecule has 0 spiro atoms. The van der Waals surface area contributed by atoms with Crippen LogP contribution >= 0.6 is 0 Å². The number of piperidine rings is 1. The number of rotatable bonds is 6. The van der Waals surface area contributed by atoms with Crippen LogP contribution in [0.2, 0.25) is 0 Å². The Morgan fingerprint density at radius 3 is 2.28 bits per heavy atom. The average molecular weight is 367 g/mol. The number of benzene rings is 1. The van der Waals surface area contributed by atoms with E-state index in [4.69, 9.17) is 0 Å². The number of hydrogen-bond donors (Lipinski definition) is 1. The molecule has 0 radical (unpaired) electrons. The molecule has 1 aliphatic heterocycles. The van der Waals surface area contributed by atoms with Crippen molar-refractivity contribution in [3.63, 3.8) is 0 Å². The van der Waals surface area contributed by atoms with Gasteiger partial charge in [0.15, 0.2) is 0 Å². The second-order valence-electron chi connectivity index (χ2n) is 7.87. The highest BCUT2D eigenvalue weighted by Gasteiger charge is 2.29. The van der Waals surface area contributed by atoms with E-state index in [2.05, 4.69) is 49.8 Å². The lowest BCUT2D eigenvalue weighted by atomic mass is 9.80. The van der Waals surface area contributed by atoms with Gasteiger partial charge >= 0.3 is 0 Å². The lowest BCUT2D eigenvalue weighted by molar-refractivity contribution is -0.133. The van der Waals surface area contributed by atoms with E-state index >= 15 is 0 Å². The fourth-order valence-corrected chi connectivity index (χ4v) is 3.79. The first-order chi connectivity index (χ1) is 11.6. The Bertz CT molecular complexity index is 688. The topological polar surface area (TPSA) is 66.5 Å². The van der Waals surface area contributed by atoms with Gasteiger partial charge in [-0.25, -0.2) is 13.1 Å². The molecule has 1 amide bonds. The zero-order chi connectivity index (χ0) is 18.7. The van der Waals surface area contributed by atoms with E-state index in [-0.39, 0.29) is 11.3 Å². The number of aryl methyl sites for hydroxylation is 1. The number of hydrogen-bond acceptors (Lipinski definition) is 3. The number of sulfonamides is 1. The van der Waals surface area contributed by atoms with Gasteiger partial charge in [-0.1, -0.05) is 43.7 Å². The lowest BCUT2D eigenvalue weighted by Crippen LogP contribution is -2.43. The molecule has 6 heteroatoms. The van der Waals surface area contributed by atoms with Crippen molar-refractivity contribution in [3.05, 3.63) is 35.4 Å². The molecular formula is C19H30N2O3S.